The molecule has 1 saturated heterocycles. The molecule has 4 aromatic rings. The highest BCUT2D eigenvalue weighted by atomic mass is 79.9. The van der Waals surface area contributed by atoms with Gasteiger partial charge in [-0.15, -0.1) is 0 Å². The van der Waals surface area contributed by atoms with Crippen molar-refractivity contribution in [3.05, 3.63) is 81.2 Å². The number of nitrogens with one attached hydrogen (secondary N) is 1. The first-order chi connectivity index (χ1) is 13.7. The van der Waals surface area contributed by atoms with Crippen LogP contribution in [0.25, 0.3) is 16.6 Å². The van der Waals surface area contributed by atoms with Gasteiger partial charge in [0.15, 0.2) is 0 Å². The van der Waals surface area contributed by atoms with Crippen LogP contribution >= 0.6 is 15.9 Å². The SMILES string of the molecule is O=c1[nH]c2cc(CN3CCN(c4ccc(Br)cc4)CC3)cn2c2ccccc12. The number of H-pyrrole nitrogens is 1. The molecule has 6 heteroatoms. The van der Waals surface area contributed by atoms with Crippen LogP contribution in [0, 0.1) is 0 Å². The predicted molar refractivity (Wildman–Crippen MR) is 117 cm³/mol. The van der Waals surface area contributed by atoms with Gasteiger partial charge in [0.25, 0.3) is 5.56 Å². The van der Waals surface area contributed by atoms with Gasteiger partial charge in [0.2, 0.25) is 0 Å². The molecule has 0 atom stereocenters. The summed E-state index contributed by atoms with van der Waals surface area (Å²) < 4.78 is 3.20. The highest BCUT2D eigenvalue weighted by molar-refractivity contribution is 9.10. The zero-order chi connectivity index (χ0) is 19.1. The van der Waals surface area contributed by atoms with E-state index in [9.17, 15) is 4.79 Å². The lowest BCUT2D eigenvalue weighted by atomic mass is 10.2. The summed E-state index contributed by atoms with van der Waals surface area (Å²) >= 11 is 3.50. The topological polar surface area (TPSA) is 43.8 Å². The van der Waals surface area contributed by atoms with Gasteiger partial charge in [0.1, 0.15) is 5.65 Å². The van der Waals surface area contributed by atoms with E-state index in [1.165, 1.54) is 11.3 Å². The lowest BCUT2D eigenvalue weighted by Crippen LogP contribution is -2.45. The van der Waals surface area contributed by atoms with Gasteiger partial charge in [0.05, 0.1) is 10.9 Å². The van der Waals surface area contributed by atoms with Crippen molar-refractivity contribution < 1.29 is 0 Å². The van der Waals surface area contributed by atoms with Crippen LogP contribution in [-0.4, -0.2) is 40.5 Å². The minimum absolute atomic E-state index is 0.0316. The molecule has 1 aliphatic rings. The van der Waals surface area contributed by atoms with Crippen LogP contribution in [0.4, 0.5) is 5.69 Å². The van der Waals surface area contributed by atoms with Gasteiger partial charge in [-0.1, -0.05) is 28.1 Å². The molecule has 2 aromatic heterocycles. The first-order valence-electron chi connectivity index (χ1n) is 9.52. The second-order valence-electron chi connectivity index (χ2n) is 7.31. The van der Waals surface area contributed by atoms with Crippen molar-refractivity contribution in [2.75, 3.05) is 31.1 Å². The molecule has 0 spiro atoms. The van der Waals surface area contributed by atoms with Crippen molar-refractivity contribution >= 4 is 38.2 Å². The van der Waals surface area contributed by atoms with Gasteiger partial charge >= 0.3 is 0 Å². The number of rotatable bonds is 3. The van der Waals surface area contributed by atoms with E-state index in [0.717, 1.165) is 53.7 Å². The third kappa shape index (κ3) is 3.23. The van der Waals surface area contributed by atoms with Crippen molar-refractivity contribution in [2.24, 2.45) is 0 Å². The molecule has 0 amide bonds. The average molecular weight is 437 g/mol. The minimum atomic E-state index is -0.0316. The monoisotopic (exact) mass is 436 g/mol. The second kappa shape index (κ2) is 7.11. The minimum Gasteiger partial charge on any atom is -0.369 e. The van der Waals surface area contributed by atoms with Crippen LogP contribution in [0.2, 0.25) is 0 Å². The number of halogens is 1. The Morgan fingerprint density at radius 3 is 2.50 bits per heavy atom. The first kappa shape index (κ1) is 17.5. The van der Waals surface area contributed by atoms with E-state index in [-0.39, 0.29) is 5.56 Å². The van der Waals surface area contributed by atoms with Crippen molar-refractivity contribution in [3.63, 3.8) is 0 Å². The number of nitrogens with zero attached hydrogens (tertiary/aromatic N) is 3. The normalized spacial score (nSPS) is 15.5. The van der Waals surface area contributed by atoms with Gasteiger partial charge in [-0.05, 0) is 48.0 Å². The number of anilines is 1. The molecule has 3 heterocycles. The third-order valence-electron chi connectivity index (χ3n) is 5.50. The molecule has 5 nitrogen and oxygen atoms in total. The third-order valence-corrected chi connectivity index (χ3v) is 6.03. The van der Waals surface area contributed by atoms with Gasteiger partial charge in [0, 0.05) is 49.1 Å². The Hall–Kier alpha value is -2.57. The summed E-state index contributed by atoms with van der Waals surface area (Å²) in [5.74, 6) is 0. The fraction of sp³-hybridized carbons (Fsp3) is 0.227. The molecule has 0 bridgehead atoms. The van der Waals surface area contributed by atoms with Crippen LogP contribution in [0.3, 0.4) is 0 Å². The Bertz CT molecular complexity index is 1190. The zero-order valence-electron chi connectivity index (χ0n) is 15.4. The Kier molecular flexibility index (Phi) is 4.45. The van der Waals surface area contributed by atoms with E-state index in [2.05, 4.69) is 71.6 Å². The van der Waals surface area contributed by atoms with Crippen LogP contribution in [0.15, 0.2) is 70.1 Å². The highest BCUT2D eigenvalue weighted by Crippen LogP contribution is 2.21. The number of para-hydroxylation sites is 1. The maximum absolute atomic E-state index is 12.3. The number of piperazine rings is 1. The summed E-state index contributed by atoms with van der Waals surface area (Å²) in [4.78, 5) is 20.2. The average Bonchev–Trinajstić information content (AvgIpc) is 3.12. The zero-order valence-corrected chi connectivity index (χ0v) is 17.0. The quantitative estimate of drug-likeness (QED) is 0.530. The number of hydrogen-bond donors (Lipinski definition) is 1. The van der Waals surface area contributed by atoms with E-state index in [1.807, 2.05) is 24.3 Å². The highest BCUT2D eigenvalue weighted by Gasteiger charge is 2.18. The van der Waals surface area contributed by atoms with E-state index in [1.54, 1.807) is 0 Å². The summed E-state index contributed by atoms with van der Waals surface area (Å²) in [7, 11) is 0. The molecule has 5 rings (SSSR count). The molecule has 0 unspecified atom stereocenters. The number of fused-ring (bicyclic) bond motifs is 3. The Labute approximate surface area is 171 Å². The lowest BCUT2D eigenvalue weighted by molar-refractivity contribution is 0.250. The van der Waals surface area contributed by atoms with E-state index < -0.39 is 0 Å². The van der Waals surface area contributed by atoms with Crippen molar-refractivity contribution in [3.8, 4) is 0 Å². The summed E-state index contributed by atoms with van der Waals surface area (Å²) in [6.45, 7) is 4.99. The molecule has 142 valence electrons. The first-order valence-corrected chi connectivity index (χ1v) is 10.3. The number of aromatic nitrogens is 2. The van der Waals surface area contributed by atoms with Gasteiger partial charge in [-0.3, -0.25) is 9.69 Å². The smallest absolute Gasteiger partial charge is 0.258 e. The Balaban J connectivity index is 1.33. The van der Waals surface area contributed by atoms with Crippen molar-refractivity contribution in [1.29, 1.82) is 0 Å². The van der Waals surface area contributed by atoms with Crippen molar-refractivity contribution in [2.45, 2.75) is 6.54 Å². The Morgan fingerprint density at radius 2 is 1.71 bits per heavy atom. The van der Waals surface area contributed by atoms with Crippen LogP contribution in [0.1, 0.15) is 5.56 Å². The van der Waals surface area contributed by atoms with Gasteiger partial charge in [-0.2, -0.15) is 0 Å². The molecule has 0 saturated carbocycles. The van der Waals surface area contributed by atoms with Crippen molar-refractivity contribution in [1.82, 2.24) is 14.3 Å². The van der Waals surface area contributed by atoms with E-state index in [4.69, 9.17) is 0 Å². The second-order valence-corrected chi connectivity index (χ2v) is 8.23. The maximum Gasteiger partial charge on any atom is 0.258 e. The fourth-order valence-electron chi connectivity index (χ4n) is 4.03. The largest absolute Gasteiger partial charge is 0.369 e. The van der Waals surface area contributed by atoms with Crippen LogP contribution < -0.4 is 10.5 Å². The summed E-state index contributed by atoms with van der Waals surface area (Å²) in [5, 5.41) is 0.722. The Morgan fingerprint density at radius 1 is 0.964 bits per heavy atom. The summed E-state index contributed by atoms with van der Waals surface area (Å²) in [6, 6.07) is 18.4. The predicted octanol–water partition coefficient (Wildman–Crippen LogP) is 3.87. The molecule has 1 aliphatic heterocycles. The number of benzene rings is 2. The van der Waals surface area contributed by atoms with E-state index >= 15 is 0 Å². The number of aromatic amines is 1. The fourth-order valence-corrected chi connectivity index (χ4v) is 4.30. The number of hydrogen-bond acceptors (Lipinski definition) is 3. The molecule has 1 fully saturated rings. The van der Waals surface area contributed by atoms with Gasteiger partial charge in [-0.25, -0.2) is 0 Å². The molecule has 0 radical (unpaired) electrons. The molecule has 1 N–H and O–H groups in total. The summed E-state index contributed by atoms with van der Waals surface area (Å²) in [5.41, 5.74) is 4.28. The molecular formula is C22H21BrN4O. The molecular weight excluding hydrogens is 416 g/mol. The standard InChI is InChI=1S/C22H21BrN4O/c23-17-5-7-18(8-6-17)26-11-9-25(10-12-26)14-16-13-21-24-22(28)19-3-1-2-4-20(19)27(21)15-16/h1-8,13,15H,9-12,14H2,(H,24,28). The molecule has 28 heavy (non-hydrogen) atoms. The van der Waals surface area contributed by atoms with Crippen LogP contribution in [-0.2, 0) is 6.54 Å². The molecule has 0 aliphatic carbocycles. The maximum atomic E-state index is 12.3. The van der Waals surface area contributed by atoms with Crippen LogP contribution in [0.5, 0.6) is 0 Å². The lowest BCUT2D eigenvalue weighted by Gasteiger charge is -2.36. The van der Waals surface area contributed by atoms with E-state index in [0.29, 0.717) is 0 Å². The molecule has 2 aromatic carbocycles. The van der Waals surface area contributed by atoms with Gasteiger partial charge < -0.3 is 14.3 Å². The summed E-state index contributed by atoms with van der Waals surface area (Å²) in [6.07, 6.45) is 2.15.